The minimum Gasteiger partial charge on any atom is -0.497 e. The average molecular weight is 329 g/mol. The Morgan fingerprint density at radius 3 is 2.12 bits per heavy atom. The Labute approximate surface area is 140 Å². The number of aliphatic carboxylic acids is 1. The molecule has 1 amide bonds. The van der Waals surface area contributed by atoms with Gasteiger partial charge in [-0.25, -0.2) is 0 Å². The number of carbonyl (C=O) groups is 2. The second-order valence-corrected chi connectivity index (χ2v) is 5.14. The molecular weight excluding hydrogens is 310 g/mol. The van der Waals surface area contributed by atoms with Crippen molar-refractivity contribution in [3.8, 4) is 11.5 Å². The molecule has 0 spiro atoms. The summed E-state index contributed by atoms with van der Waals surface area (Å²) in [7, 11) is 2.99. The summed E-state index contributed by atoms with van der Waals surface area (Å²) >= 11 is 0. The zero-order chi connectivity index (χ0) is 17.5. The molecule has 0 aliphatic carbocycles. The van der Waals surface area contributed by atoms with E-state index in [9.17, 15) is 9.59 Å². The topological polar surface area (TPSA) is 84.9 Å². The van der Waals surface area contributed by atoms with E-state index < -0.39 is 17.9 Å². The zero-order valence-corrected chi connectivity index (χ0v) is 13.5. The van der Waals surface area contributed by atoms with Gasteiger partial charge < -0.3 is 19.9 Å². The number of carboxylic acid groups (broad SMARTS) is 1. The Morgan fingerprint density at radius 2 is 1.62 bits per heavy atom. The van der Waals surface area contributed by atoms with E-state index in [2.05, 4.69) is 5.32 Å². The van der Waals surface area contributed by atoms with Crippen LogP contribution in [0.15, 0.2) is 48.5 Å². The summed E-state index contributed by atoms with van der Waals surface area (Å²) in [6, 6.07) is 13.1. The molecule has 0 saturated heterocycles. The molecule has 2 N–H and O–H groups in total. The lowest BCUT2D eigenvalue weighted by Crippen LogP contribution is -2.30. The van der Waals surface area contributed by atoms with Crippen LogP contribution < -0.4 is 14.8 Å². The van der Waals surface area contributed by atoms with Crippen LogP contribution in [0.2, 0.25) is 0 Å². The highest BCUT2D eigenvalue weighted by atomic mass is 16.5. The Hall–Kier alpha value is -3.02. The van der Waals surface area contributed by atoms with Gasteiger partial charge in [0.15, 0.2) is 0 Å². The number of benzene rings is 2. The van der Waals surface area contributed by atoms with Gasteiger partial charge in [0.25, 0.3) is 5.91 Å². The molecule has 0 saturated carbocycles. The van der Waals surface area contributed by atoms with E-state index in [1.54, 1.807) is 42.5 Å². The molecule has 1 atom stereocenters. The van der Waals surface area contributed by atoms with Crippen molar-refractivity contribution in [1.29, 1.82) is 0 Å². The van der Waals surface area contributed by atoms with Crippen molar-refractivity contribution in [3.05, 3.63) is 59.7 Å². The monoisotopic (exact) mass is 329 g/mol. The molecule has 0 fully saturated rings. The maximum absolute atomic E-state index is 12.5. The van der Waals surface area contributed by atoms with Crippen molar-refractivity contribution in [2.45, 2.75) is 12.5 Å². The van der Waals surface area contributed by atoms with Crippen LogP contribution in [0.3, 0.4) is 0 Å². The normalized spacial score (nSPS) is 11.4. The molecule has 126 valence electrons. The van der Waals surface area contributed by atoms with Crippen LogP contribution in [-0.4, -0.2) is 31.2 Å². The molecule has 6 nitrogen and oxygen atoms in total. The summed E-state index contributed by atoms with van der Waals surface area (Å²) in [5, 5.41) is 11.9. The number of carbonyl (C=O) groups excluding carboxylic acids is 1. The largest absolute Gasteiger partial charge is 0.497 e. The predicted molar refractivity (Wildman–Crippen MR) is 88.4 cm³/mol. The standard InChI is InChI=1S/C18H19NO5/c1-23-14-8-13(9-15(10-14)24-2)18(22)19-16(11-17(20)21)12-6-4-3-5-7-12/h3-10,16H,11H2,1-2H3,(H,19,22)(H,20,21)/t16-/m0/s1. The number of methoxy groups -OCH3 is 2. The minimum atomic E-state index is -0.993. The first kappa shape index (κ1) is 17.3. The Morgan fingerprint density at radius 1 is 1.04 bits per heavy atom. The molecule has 24 heavy (non-hydrogen) atoms. The van der Waals surface area contributed by atoms with Gasteiger partial charge in [-0.1, -0.05) is 30.3 Å². The van der Waals surface area contributed by atoms with Gasteiger partial charge in [0.05, 0.1) is 26.7 Å². The van der Waals surface area contributed by atoms with Gasteiger partial charge in [0, 0.05) is 11.6 Å². The van der Waals surface area contributed by atoms with E-state index in [0.29, 0.717) is 17.1 Å². The van der Waals surface area contributed by atoms with Gasteiger partial charge in [-0.3, -0.25) is 9.59 Å². The fraction of sp³-hybridized carbons (Fsp3) is 0.222. The van der Waals surface area contributed by atoms with Crippen molar-refractivity contribution < 1.29 is 24.2 Å². The van der Waals surface area contributed by atoms with Crippen molar-refractivity contribution >= 4 is 11.9 Å². The van der Waals surface area contributed by atoms with Crippen LogP contribution in [-0.2, 0) is 4.79 Å². The second kappa shape index (κ2) is 8.01. The van der Waals surface area contributed by atoms with Crippen LogP contribution >= 0.6 is 0 Å². The second-order valence-electron chi connectivity index (χ2n) is 5.14. The summed E-state index contributed by atoms with van der Waals surface area (Å²) in [6.45, 7) is 0. The third kappa shape index (κ3) is 4.49. The third-order valence-corrected chi connectivity index (χ3v) is 3.50. The third-order valence-electron chi connectivity index (χ3n) is 3.50. The van der Waals surface area contributed by atoms with E-state index in [0.717, 1.165) is 5.56 Å². The first-order valence-electron chi connectivity index (χ1n) is 7.34. The number of nitrogens with one attached hydrogen (secondary N) is 1. The molecule has 0 heterocycles. The highest BCUT2D eigenvalue weighted by molar-refractivity contribution is 5.95. The Kier molecular flexibility index (Phi) is 5.78. The van der Waals surface area contributed by atoms with Crippen LogP contribution in [0.4, 0.5) is 0 Å². The maximum atomic E-state index is 12.5. The predicted octanol–water partition coefficient (Wildman–Crippen LogP) is 2.65. The number of hydrogen-bond donors (Lipinski definition) is 2. The first-order chi connectivity index (χ1) is 11.5. The van der Waals surface area contributed by atoms with Crippen LogP contribution in [0.25, 0.3) is 0 Å². The molecular formula is C18H19NO5. The van der Waals surface area contributed by atoms with E-state index in [4.69, 9.17) is 14.6 Å². The number of amides is 1. The van der Waals surface area contributed by atoms with Gasteiger partial charge in [0.1, 0.15) is 11.5 Å². The van der Waals surface area contributed by atoms with Crippen molar-refractivity contribution in [3.63, 3.8) is 0 Å². The van der Waals surface area contributed by atoms with Gasteiger partial charge >= 0.3 is 5.97 Å². The summed E-state index contributed by atoms with van der Waals surface area (Å²) < 4.78 is 10.3. The van der Waals surface area contributed by atoms with E-state index in [-0.39, 0.29) is 6.42 Å². The smallest absolute Gasteiger partial charge is 0.305 e. The Bertz CT molecular complexity index is 692. The number of carboxylic acids is 1. The maximum Gasteiger partial charge on any atom is 0.305 e. The minimum absolute atomic E-state index is 0.211. The van der Waals surface area contributed by atoms with E-state index >= 15 is 0 Å². The lowest BCUT2D eigenvalue weighted by Gasteiger charge is -2.18. The van der Waals surface area contributed by atoms with Crippen molar-refractivity contribution in [2.75, 3.05) is 14.2 Å². The quantitative estimate of drug-likeness (QED) is 0.816. The summed E-state index contributed by atoms with van der Waals surface area (Å²) in [5.41, 5.74) is 1.06. The number of ether oxygens (including phenoxy) is 2. The molecule has 0 aliphatic heterocycles. The Balaban J connectivity index is 2.26. The van der Waals surface area contributed by atoms with Crippen LogP contribution in [0.1, 0.15) is 28.4 Å². The molecule has 2 rings (SSSR count). The SMILES string of the molecule is COc1cc(OC)cc(C(=O)N[C@@H](CC(=O)O)c2ccccc2)c1. The first-order valence-corrected chi connectivity index (χ1v) is 7.34. The number of rotatable bonds is 7. The average Bonchev–Trinajstić information content (AvgIpc) is 2.60. The molecule has 2 aromatic carbocycles. The number of hydrogen-bond acceptors (Lipinski definition) is 4. The summed E-state index contributed by atoms with van der Waals surface area (Å²) in [5.74, 6) is -0.433. The van der Waals surface area contributed by atoms with E-state index in [1.807, 2.05) is 6.07 Å². The van der Waals surface area contributed by atoms with Gasteiger partial charge in [-0.05, 0) is 17.7 Å². The van der Waals surface area contributed by atoms with Crippen LogP contribution in [0, 0.1) is 0 Å². The molecule has 2 aromatic rings. The van der Waals surface area contributed by atoms with Crippen molar-refractivity contribution in [2.24, 2.45) is 0 Å². The van der Waals surface area contributed by atoms with Gasteiger partial charge in [-0.2, -0.15) is 0 Å². The fourth-order valence-corrected chi connectivity index (χ4v) is 2.29. The molecule has 0 bridgehead atoms. The zero-order valence-electron chi connectivity index (χ0n) is 13.5. The molecule has 0 aliphatic rings. The molecule has 0 radical (unpaired) electrons. The van der Waals surface area contributed by atoms with E-state index in [1.165, 1.54) is 14.2 Å². The van der Waals surface area contributed by atoms with Crippen LogP contribution in [0.5, 0.6) is 11.5 Å². The van der Waals surface area contributed by atoms with Gasteiger partial charge in [-0.15, -0.1) is 0 Å². The lowest BCUT2D eigenvalue weighted by molar-refractivity contribution is -0.137. The highest BCUT2D eigenvalue weighted by Gasteiger charge is 2.19. The summed E-state index contributed by atoms with van der Waals surface area (Å²) in [4.78, 5) is 23.6. The molecule has 6 heteroatoms. The molecule has 0 unspecified atom stereocenters. The fourth-order valence-electron chi connectivity index (χ4n) is 2.29. The summed E-state index contributed by atoms with van der Waals surface area (Å²) in [6.07, 6.45) is -0.211. The van der Waals surface area contributed by atoms with Crippen molar-refractivity contribution in [1.82, 2.24) is 5.32 Å². The van der Waals surface area contributed by atoms with Gasteiger partial charge in [0.2, 0.25) is 0 Å². The molecule has 0 aromatic heterocycles. The lowest BCUT2D eigenvalue weighted by atomic mass is 10.0. The highest BCUT2D eigenvalue weighted by Crippen LogP contribution is 2.24.